The van der Waals surface area contributed by atoms with Crippen LogP contribution in [0.2, 0.25) is 10.0 Å². The van der Waals surface area contributed by atoms with Crippen molar-refractivity contribution in [3.63, 3.8) is 0 Å². The van der Waals surface area contributed by atoms with Gasteiger partial charge in [0.1, 0.15) is 11.6 Å². The molecule has 4 N–H and O–H groups in total. The van der Waals surface area contributed by atoms with Crippen molar-refractivity contribution in [3.8, 4) is 11.3 Å². The molecule has 0 unspecified atom stereocenters. The number of nitrogens with zero attached hydrogens (tertiary/aromatic N) is 5. The van der Waals surface area contributed by atoms with Crippen LogP contribution >= 0.6 is 23.2 Å². The van der Waals surface area contributed by atoms with Crippen LogP contribution < -0.4 is 21.3 Å². The third-order valence-electron chi connectivity index (χ3n) is 5.89. The van der Waals surface area contributed by atoms with Crippen molar-refractivity contribution in [3.05, 3.63) is 62.6 Å². The molecule has 0 radical (unpaired) electrons. The van der Waals surface area contributed by atoms with E-state index in [2.05, 4.69) is 20.6 Å². The van der Waals surface area contributed by atoms with Crippen molar-refractivity contribution in [2.45, 2.75) is 6.18 Å². The van der Waals surface area contributed by atoms with Crippen molar-refractivity contribution in [2.24, 2.45) is 0 Å². The minimum absolute atomic E-state index is 0.0336. The third kappa shape index (κ3) is 7.20. The van der Waals surface area contributed by atoms with Crippen molar-refractivity contribution in [1.82, 2.24) is 14.9 Å². The average molecular weight is 599 g/mol. The standard InChI is InChI=1S/C24H23Cl2F3N8O3/c25-14-1-2-15(16(26)11-14)22-17(36-10-9-35(12-21(36)38)13-24(27,28)29)3-5-19(33-22)31-7-8-32-20-6-4-18(37(39)40)23(30)34-20/h1-6,11H,7-10,12-13H2,(H,31,33)(H3,30,32,34). The van der Waals surface area contributed by atoms with Crippen molar-refractivity contribution in [1.29, 1.82) is 0 Å². The van der Waals surface area contributed by atoms with E-state index in [9.17, 15) is 28.1 Å². The number of nitrogen functional groups attached to an aromatic ring is 1. The number of halogens is 5. The zero-order chi connectivity index (χ0) is 29.0. The predicted octanol–water partition coefficient (Wildman–Crippen LogP) is 4.68. The van der Waals surface area contributed by atoms with Crippen LogP contribution in [0.1, 0.15) is 0 Å². The maximum absolute atomic E-state index is 12.9. The summed E-state index contributed by atoms with van der Waals surface area (Å²) < 4.78 is 38.5. The Morgan fingerprint density at radius 2 is 1.70 bits per heavy atom. The molecule has 2 aromatic heterocycles. The lowest BCUT2D eigenvalue weighted by atomic mass is 10.1. The van der Waals surface area contributed by atoms with Gasteiger partial charge in [-0.15, -0.1) is 0 Å². The molecule has 4 rings (SSSR count). The van der Waals surface area contributed by atoms with Gasteiger partial charge in [-0.2, -0.15) is 13.2 Å². The summed E-state index contributed by atoms with van der Waals surface area (Å²) in [6.07, 6.45) is -4.41. The zero-order valence-corrected chi connectivity index (χ0v) is 22.2. The van der Waals surface area contributed by atoms with Gasteiger partial charge in [-0.05, 0) is 36.4 Å². The molecule has 1 aliphatic heterocycles. The van der Waals surface area contributed by atoms with E-state index in [4.69, 9.17) is 28.9 Å². The molecule has 1 fully saturated rings. The molecule has 212 valence electrons. The Morgan fingerprint density at radius 1 is 1.02 bits per heavy atom. The fourth-order valence-corrected chi connectivity index (χ4v) is 4.61. The summed E-state index contributed by atoms with van der Waals surface area (Å²) in [7, 11) is 0. The lowest BCUT2D eigenvalue weighted by molar-refractivity contribution is -0.384. The van der Waals surface area contributed by atoms with Gasteiger partial charge in [0, 0.05) is 42.8 Å². The topological polar surface area (TPSA) is 143 Å². The first-order valence-electron chi connectivity index (χ1n) is 11.9. The molecular weight excluding hydrogens is 576 g/mol. The molecule has 16 heteroatoms. The van der Waals surface area contributed by atoms with Gasteiger partial charge in [0.05, 0.1) is 34.4 Å². The first kappa shape index (κ1) is 29.1. The largest absolute Gasteiger partial charge is 0.401 e. The molecule has 1 aromatic carbocycles. The van der Waals surface area contributed by atoms with Gasteiger partial charge in [0.2, 0.25) is 11.7 Å². The average Bonchev–Trinajstić information content (AvgIpc) is 2.86. The van der Waals surface area contributed by atoms with Gasteiger partial charge in [0.15, 0.2) is 0 Å². The van der Waals surface area contributed by atoms with E-state index in [0.29, 0.717) is 46.7 Å². The highest BCUT2D eigenvalue weighted by Gasteiger charge is 2.35. The number of nitrogens with two attached hydrogens (primary N) is 1. The van der Waals surface area contributed by atoms with Gasteiger partial charge >= 0.3 is 11.9 Å². The lowest BCUT2D eigenvalue weighted by Crippen LogP contribution is -2.52. The van der Waals surface area contributed by atoms with Crippen LogP contribution in [0.25, 0.3) is 11.3 Å². The SMILES string of the molecule is Nc1nc(NCCNc2ccc(N3CCN(CC(F)(F)F)CC3=O)c(-c3ccc(Cl)cc3Cl)n2)ccc1[N+](=O)[O-]. The minimum Gasteiger partial charge on any atom is -0.378 e. The molecule has 3 aromatic rings. The fourth-order valence-electron chi connectivity index (χ4n) is 4.11. The zero-order valence-electron chi connectivity index (χ0n) is 20.7. The Labute approximate surface area is 236 Å². The lowest BCUT2D eigenvalue weighted by Gasteiger charge is -2.35. The van der Waals surface area contributed by atoms with Crippen LogP contribution in [0.3, 0.4) is 0 Å². The number of nitro groups is 1. The highest BCUT2D eigenvalue weighted by Crippen LogP contribution is 2.37. The van der Waals surface area contributed by atoms with E-state index in [1.54, 1.807) is 24.3 Å². The van der Waals surface area contributed by atoms with E-state index in [1.807, 2.05) is 0 Å². The Bertz CT molecular complexity index is 1430. The fraction of sp³-hybridized carbons (Fsp3) is 0.292. The molecular formula is C24H23Cl2F3N8O3. The van der Waals surface area contributed by atoms with Gasteiger partial charge < -0.3 is 21.3 Å². The van der Waals surface area contributed by atoms with E-state index in [0.717, 1.165) is 4.90 Å². The first-order chi connectivity index (χ1) is 18.9. The molecule has 1 amide bonds. The van der Waals surface area contributed by atoms with Crippen LogP contribution in [-0.2, 0) is 4.79 Å². The smallest absolute Gasteiger partial charge is 0.378 e. The molecule has 0 saturated carbocycles. The Balaban J connectivity index is 1.51. The van der Waals surface area contributed by atoms with Gasteiger partial charge in [-0.1, -0.05) is 23.2 Å². The summed E-state index contributed by atoms with van der Waals surface area (Å²) in [6.45, 7) is -0.777. The highest BCUT2D eigenvalue weighted by molar-refractivity contribution is 6.36. The summed E-state index contributed by atoms with van der Waals surface area (Å²) in [5.41, 5.74) is 6.56. The number of hydrogen-bond acceptors (Lipinski definition) is 9. The molecule has 0 bridgehead atoms. The van der Waals surface area contributed by atoms with Gasteiger partial charge in [-0.25, -0.2) is 9.97 Å². The van der Waals surface area contributed by atoms with E-state index < -0.39 is 23.6 Å². The summed E-state index contributed by atoms with van der Waals surface area (Å²) >= 11 is 12.5. The molecule has 11 nitrogen and oxygen atoms in total. The van der Waals surface area contributed by atoms with Crippen LogP contribution in [0.15, 0.2) is 42.5 Å². The predicted molar refractivity (Wildman–Crippen MR) is 147 cm³/mol. The minimum atomic E-state index is -4.41. The highest BCUT2D eigenvalue weighted by atomic mass is 35.5. The number of carbonyl (C=O) groups excluding carboxylic acids is 1. The third-order valence-corrected chi connectivity index (χ3v) is 6.44. The number of hydrogen-bond donors (Lipinski definition) is 3. The number of rotatable bonds is 9. The number of aromatic nitrogens is 2. The summed E-state index contributed by atoms with van der Waals surface area (Å²) in [5.74, 6) is 0.0813. The number of amides is 1. The van der Waals surface area contributed by atoms with E-state index in [-0.39, 0.29) is 36.2 Å². The molecule has 3 heterocycles. The van der Waals surface area contributed by atoms with Crippen molar-refractivity contribution in [2.75, 3.05) is 60.5 Å². The number of piperazine rings is 1. The Hall–Kier alpha value is -3.88. The quantitative estimate of drug-likeness (QED) is 0.182. The Kier molecular flexibility index (Phi) is 8.81. The van der Waals surface area contributed by atoms with E-state index >= 15 is 0 Å². The number of benzene rings is 1. The molecule has 0 spiro atoms. The van der Waals surface area contributed by atoms with Crippen LogP contribution in [0, 0.1) is 10.1 Å². The van der Waals surface area contributed by atoms with Crippen molar-refractivity contribution < 1.29 is 22.9 Å². The summed E-state index contributed by atoms with van der Waals surface area (Å²) in [4.78, 5) is 34.2. The molecule has 0 aliphatic carbocycles. The number of pyridine rings is 2. The second-order valence-electron chi connectivity index (χ2n) is 8.77. The van der Waals surface area contributed by atoms with Gasteiger partial charge in [-0.3, -0.25) is 19.8 Å². The first-order valence-corrected chi connectivity index (χ1v) is 12.6. The van der Waals surface area contributed by atoms with Crippen LogP contribution in [-0.4, -0.2) is 71.1 Å². The second kappa shape index (κ2) is 12.1. The molecule has 40 heavy (non-hydrogen) atoms. The Morgan fingerprint density at radius 3 is 2.30 bits per heavy atom. The van der Waals surface area contributed by atoms with Crippen LogP contribution in [0.4, 0.5) is 42.0 Å². The van der Waals surface area contributed by atoms with Crippen LogP contribution in [0.5, 0.6) is 0 Å². The monoisotopic (exact) mass is 598 g/mol. The normalized spacial score (nSPS) is 14.3. The summed E-state index contributed by atoms with van der Waals surface area (Å²) in [6, 6.07) is 10.8. The summed E-state index contributed by atoms with van der Waals surface area (Å²) in [5, 5.41) is 17.7. The number of carbonyl (C=O) groups is 1. The molecule has 1 aliphatic rings. The maximum Gasteiger partial charge on any atom is 0.401 e. The molecule has 1 saturated heterocycles. The van der Waals surface area contributed by atoms with E-state index in [1.165, 1.54) is 23.1 Å². The molecule has 0 atom stereocenters. The van der Waals surface area contributed by atoms with Crippen molar-refractivity contribution >= 4 is 57.9 Å². The maximum atomic E-state index is 12.9. The van der Waals surface area contributed by atoms with Gasteiger partial charge in [0.25, 0.3) is 0 Å². The number of nitrogens with one attached hydrogen (secondary N) is 2. The second-order valence-corrected chi connectivity index (χ2v) is 9.61. The number of anilines is 4. The number of alkyl halides is 3.